The molecule has 1 aliphatic rings. The SMILES string of the molecule is COC(=O)C1(Cc2nc(O)nc(O)c2[N+](=O)[O-])CCc2ccccc21. The van der Waals surface area contributed by atoms with Gasteiger partial charge in [-0.15, -0.1) is 0 Å². The van der Waals surface area contributed by atoms with Crippen LogP contribution in [0.3, 0.4) is 0 Å². The molecule has 0 spiro atoms. The third-order valence-corrected chi connectivity index (χ3v) is 4.51. The minimum absolute atomic E-state index is 0.198. The number of carbonyl (C=O) groups excluding carboxylic acids is 1. The summed E-state index contributed by atoms with van der Waals surface area (Å²) in [5.74, 6) is -1.50. The Labute approximate surface area is 142 Å². The maximum atomic E-state index is 12.6. The zero-order chi connectivity index (χ0) is 18.2. The van der Waals surface area contributed by atoms with Crippen molar-refractivity contribution in [1.29, 1.82) is 0 Å². The van der Waals surface area contributed by atoms with Crippen LogP contribution in [0.4, 0.5) is 5.69 Å². The van der Waals surface area contributed by atoms with Crippen LogP contribution >= 0.6 is 0 Å². The minimum Gasteiger partial charge on any atom is -0.488 e. The van der Waals surface area contributed by atoms with Gasteiger partial charge in [0.25, 0.3) is 5.88 Å². The topological polar surface area (TPSA) is 136 Å². The van der Waals surface area contributed by atoms with Gasteiger partial charge >= 0.3 is 17.7 Å². The molecule has 2 N–H and O–H groups in total. The van der Waals surface area contributed by atoms with Crippen molar-refractivity contribution in [3.63, 3.8) is 0 Å². The van der Waals surface area contributed by atoms with Gasteiger partial charge in [0.2, 0.25) is 0 Å². The van der Waals surface area contributed by atoms with Crippen LogP contribution in [0.1, 0.15) is 23.2 Å². The van der Waals surface area contributed by atoms with Gasteiger partial charge in [0.05, 0.1) is 17.4 Å². The fraction of sp³-hybridized carbons (Fsp3) is 0.312. The maximum absolute atomic E-state index is 12.6. The number of ether oxygens (including phenoxy) is 1. The Bertz CT molecular complexity index is 869. The van der Waals surface area contributed by atoms with Crippen molar-refractivity contribution < 1.29 is 24.7 Å². The van der Waals surface area contributed by atoms with E-state index in [0.29, 0.717) is 18.4 Å². The molecular weight excluding hydrogens is 330 g/mol. The molecule has 1 unspecified atom stereocenters. The Morgan fingerprint density at radius 1 is 1.36 bits per heavy atom. The van der Waals surface area contributed by atoms with E-state index in [-0.39, 0.29) is 12.1 Å². The maximum Gasteiger partial charge on any atom is 0.352 e. The average Bonchev–Trinajstić information content (AvgIpc) is 2.93. The first-order valence-electron chi connectivity index (χ1n) is 7.49. The summed E-state index contributed by atoms with van der Waals surface area (Å²) in [6.07, 6.45) is 0.778. The van der Waals surface area contributed by atoms with Crippen LogP contribution in [-0.2, 0) is 27.8 Å². The lowest BCUT2D eigenvalue weighted by Gasteiger charge is -2.27. The van der Waals surface area contributed by atoms with E-state index in [1.165, 1.54) is 7.11 Å². The molecule has 130 valence electrons. The summed E-state index contributed by atoms with van der Waals surface area (Å²) >= 11 is 0. The number of nitrogens with zero attached hydrogens (tertiary/aromatic N) is 3. The minimum atomic E-state index is -1.18. The zero-order valence-electron chi connectivity index (χ0n) is 13.3. The number of aryl methyl sites for hydroxylation is 1. The van der Waals surface area contributed by atoms with Crippen LogP contribution in [0, 0.1) is 10.1 Å². The van der Waals surface area contributed by atoms with Gasteiger partial charge in [0.1, 0.15) is 5.69 Å². The smallest absolute Gasteiger partial charge is 0.352 e. The molecule has 9 heteroatoms. The number of methoxy groups -OCH3 is 1. The van der Waals surface area contributed by atoms with Crippen LogP contribution in [0.2, 0.25) is 0 Å². The van der Waals surface area contributed by atoms with Crippen molar-refractivity contribution in [2.24, 2.45) is 0 Å². The number of carbonyl (C=O) groups is 1. The first-order chi connectivity index (χ1) is 11.9. The number of hydrogen-bond donors (Lipinski definition) is 2. The van der Waals surface area contributed by atoms with E-state index in [1.807, 2.05) is 12.1 Å². The quantitative estimate of drug-likeness (QED) is 0.482. The predicted octanol–water partition coefficient (Wildman–Crippen LogP) is 1.40. The third kappa shape index (κ3) is 2.63. The molecular formula is C16H15N3O6. The van der Waals surface area contributed by atoms with Gasteiger partial charge in [0, 0.05) is 6.42 Å². The first-order valence-corrected chi connectivity index (χ1v) is 7.49. The molecule has 0 amide bonds. The second-order valence-corrected chi connectivity index (χ2v) is 5.81. The zero-order valence-corrected chi connectivity index (χ0v) is 13.3. The summed E-state index contributed by atoms with van der Waals surface area (Å²) in [5, 5.41) is 30.5. The van der Waals surface area contributed by atoms with Crippen molar-refractivity contribution in [3.05, 3.63) is 51.2 Å². The van der Waals surface area contributed by atoms with Crippen LogP contribution < -0.4 is 0 Å². The van der Waals surface area contributed by atoms with E-state index in [4.69, 9.17) is 4.74 Å². The van der Waals surface area contributed by atoms with Gasteiger partial charge in [-0.05, 0) is 24.0 Å². The molecule has 0 saturated carbocycles. The summed E-state index contributed by atoms with van der Waals surface area (Å²) in [6, 6.07) is 6.46. The molecule has 0 saturated heterocycles. The van der Waals surface area contributed by atoms with Gasteiger partial charge in [-0.25, -0.2) is 0 Å². The summed E-state index contributed by atoms with van der Waals surface area (Å²) < 4.78 is 4.95. The highest BCUT2D eigenvalue weighted by Crippen LogP contribution is 2.44. The first kappa shape index (κ1) is 16.6. The van der Waals surface area contributed by atoms with Crippen molar-refractivity contribution in [1.82, 2.24) is 9.97 Å². The van der Waals surface area contributed by atoms with Gasteiger partial charge in [0.15, 0.2) is 0 Å². The molecule has 1 heterocycles. The number of rotatable bonds is 4. The molecule has 0 aliphatic heterocycles. The average molecular weight is 345 g/mol. The van der Waals surface area contributed by atoms with E-state index < -0.39 is 33.9 Å². The number of aromatic hydroxyl groups is 2. The Kier molecular flexibility index (Phi) is 3.99. The lowest BCUT2D eigenvalue weighted by Crippen LogP contribution is -2.37. The van der Waals surface area contributed by atoms with Crippen molar-refractivity contribution >= 4 is 11.7 Å². The van der Waals surface area contributed by atoms with Crippen molar-refractivity contribution in [2.75, 3.05) is 7.11 Å². The second kappa shape index (κ2) is 6.00. The van der Waals surface area contributed by atoms with Crippen LogP contribution in [0.15, 0.2) is 24.3 Å². The molecule has 0 fully saturated rings. The number of esters is 1. The van der Waals surface area contributed by atoms with Gasteiger partial charge in [-0.2, -0.15) is 9.97 Å². The lowest BCUT2D eigenvalue weighted by atomic mass is 9.77. The van der Waals surface area contributed by atoms with E-state index in [2.05, 4.69) is 9.97 Å². The molecule has 2 aromatic rings. The summed E-state index contributed by atoms with van der Waals surface area (Å²) in [6.45, 7) is 0. The Hall–Kier alpha value is -3.23. The number of benzene rings is 1. The number of fused-ring (bicyclic) bond motifs is 1. The number of hydrogen-bond acceptors (Lipinski definition) is 8. The van der Waals surface area contributed by atoms with Crippen molar-refractivity contribution in [3.8, 4) is 11.9 Å². The van der Waals surface area contributed by atoms with E-state index in [0.717, 1.165) is 5.56 Å². The highest BCUT2D eigenvalue weighted by molar-refractivity contribution is 5.85. The van der Waals surface area contributed by atoms with E-state index >= 15 is 0 Å². The van der Waals surface area contributed by atoms with E-state index in [9.17, 15) is 25.1 Å². The molecule has 1 aliphatic carbocycles. The van der Waals surface area contributed by atoms with Gasteiger partial charge in [-0.3, -0.25) is 14.9 Å². The molecule has 25 heavy (non-hydrogen) atoms. The van der Waals surface area contributed by atoms with Gasteiger partial charge in [-0.1, -0.05) is 24.3 Å². The lowest BCUT2D eigenvalue weighted by molar-refractivity contribution is -0.387. The van der Waals surface area contributed by atoms with Crippen LogP contribution in [0.25, 0.3) is 0 Å². The highest BCUT2D eigenvalue weighted by atomic mass is 16.6. The molecule has 3 rings (SSSR count). The molecule has 1 atom stereocenters. The van der Waals surface area contributed by atoms with Gasteiger partial charge < -0.3 is 14.9 Å². The second-order valence-electron chi connectivity index (χ2n) is 5.81. The predicted molar refractivity (Wildman–Crippen MR) is 84.2 cm³/mol. The third-order valence-electron chi connectivity index (χ3n) is 4.51. The monoisotopic (exact) mass is 345 g/mol. The normalized spacial score (nSPS) is 18.6. The molecule has 1 aromatic carbocycles. The van der Waals surface area contributed by atoms with Crippen LogP contribution in [-0.4, -0.2) is 38.2 Å². The summed E-state index contributed by atoms with van der Waals surface area (Å²) in [4.78, 5) is 29.9. The molecule has 0 bridgehead atoms. The Balaban J connectivity index is 2.17. The largest absolute Gasteiger partial charge is 0.488 e. The number of nitro groups is 1. The molecule has 0 radical (unpaired) electrons. The summed E-state index contributed by atoms with van der Waals surface area (Å²) in [5.41, 5.74) is -0.488. The van der Waals surface area contributed by atoms with E-state index in [1.54, 1.807) is 12.1 Å². The molecule has 1 aromatic heterocycles. The number of aromatic nitrogens is 2. The van der Waals surface area contributed by atoms with Crippen molar-refractivity contribution in [2.45, 2.75) is 24.7 Å². The molecule has 9 nitrogen and oxygen atoms in total. The van der Waals surface area contributed by atoms with Crippen LogP contribution in [0.5, 0.6) is 11.9 Å². The highest BCUT2D eigenvalue weighted by Gasteiger charge is 2.48. The standard InChI is InChI=1S/C16H15N3O6/c1-25-14(21)16(7-6-9-4-2-3-5-10(9)16)8-11-12(19(23)24)13(20)18-15(22)17-11/h2-5H,6-8H2,1H3,(H2,17,18,20,22). The summed E-state index contributed by atoms with van der Waals surface area (Å²) in [7, 11) is 1.24. The fourth-order valence-corrected chi connectivity index (χ4v) is 3.42. The Morgan fingerprint density at radius 3 is 2.76 bits per heavy atom. The fourth-order valence-electron chi connectivity index (χ4n) is 3.42. The Morgan fingerprint density at radius 2 is 2.08 bits per heavy atom.